The standard InChI is InChI=1S/C16H17NO3S2/c1-10(15(18)17-9-12-5-3-7-21-12)20-16(19)14-8-11-4-2-6-13(11)22-14/h3,5,7-8,10H,2,4,6,9H2,1H3,(H,17,18)/t10-/m1/s1. The van der Waals surface area contributed by atoms with Gasteiger partial charge in [-0.05, 0) is 49.3 Å². The highest BCUT2D eigenvalue weighted by Crippen LogP contribution is 2.31. The number of thiophene rings is 2. The zero-order chi connectivity index (χ0) is 15.5. The van der Waals surface area contributed by atoms with Crippen LogP contribution in [-0.2, 0) is 28.9 Å². The molecule has 2 heterocycles. The quantitative estimate of drug-likeness (QED) is 0.854. The van der Waals surface area contributed by atoms with Crippen LogP contribution in [0.25, 0.3) is 0 Å². The molecule has 6 heteroatoms. The van der Waals surface area contributed by atoms with E-state index in [4.69, 9.17) is 4.74 Å². The molecule has 2 aromatic heterocycles. The molecular weight excluding hydrogens is 318 g/mol. The van der Waals surface area contributed by atoms with Crippen molar-refractivity contribution in [1.29, 1.82) is 0 Å². The Balaban J connectivity index is 1.52. The SMILES string of the molecule is C[C@@H](OC(=O)c1cc2c(s1)CCC2)C(=O)NCc1cccs1. The van der Waals surface area contributed by atoms with Crippen LogP contribution in [0.1, 0.15) is 38.3 Å². The fourth-order valence-corrected chi connectivity index (χ4v) is 4.21. The summed E-state index contributed by atoms with van der Waals surface area (Å²) in [5.41, 5.74) is 1.26. The van der Waals surface area contributed by atoms with Crippen molar-refractivity contribution in [1.82, 2.24) is 5.32 Å². The summed E-state index contributed by atoms with van der Waals surface area (Å²) in [5, 5.41) is 4.74. The van der Waals surface area contributed by atoms with Gasteiger partial charge in [-0.25, -0.2) is 4.79 Å². The molecule has 1 aliphatic carbocycles. The van der Waals surface area contributed by atoms with Crippen molar-refractivity contribution in [3.8, 4) is 0 Å². The summed E-state index contributed by atoms with van der Waals surface area (Å²) in [6, 6.07) is 5.80. The van der Waals surface area contributed by atoms with E-state index in [0.29, 0.717) is 11.4 Å². The van der Waals surface area contributed by atoms with Crippen molar-refractivity contribution < 1.29 is 14.3 Å². The third-order valence-electron chi connectivity index (χ3n) is 3.62. The van der Waals surface area contributed by atoms with Gasteiger partial charge in [0.05, 0.1) is 6.54 Å². The van der Waals surface area contributed by atoms with Crippen molar-refractivity contribution in [3.63, 3.8) is 0 Å². The molecule has 0 spiro atoms. The first-order chi connectivity index (χ1) is 10.6. The molecule has 2 aromatic rings. The Bertz CT molecular complexity index is 654. The summed E-state index contributed by atoms with van der Waals surface area (Å²) in [7, 11) is 0. The van der Waals surface area contributed by atoms with Gasteiger partial charge in [-0.1, -0.05) is 6.07 Å². The second-order valence-corrected chi connectivity index (χ2v) is 7.43. The molecule has 116 valence electrons. The molecule has 1 amide bonds. The summed E-state index contributed by atoms with van der Waals surface area (Å²) >= 11 is 3.07. The van der Waals surface area contributed by atoms with Gasteiger partial charge in [0.15, 0.2) is 6.10 Å². The molecule has 3 rings (SSSR count). The summed E-state index contributed by atoms with van der Waals surface area (Å²) in [5.74, 6) is -0.677. The Morgan fingerprint density at radius 1 is 1.41 bits per heavy atom. The zero-order valence-corrected chi connectivity index (χ0v) is 13.9. The third kappa shape index (κ3) is 3.39. The summed E-state index contributed by atoms with van der Waals surface area (Å²) in [6.07, 6.45) is 2.46. The molecule has 0 aliphatic heterocycles. The van der Waals surface area contributed by atoms with Crippen molar-refractivity contribution in [2.24, 2.45) is 0 Å². The molecule has 22 heavy (non-hydrogen) atoms. The monoisotopic (exact) mass is 335 g/mol. The van der Waals surface area contributed by atoms with Crippen LogP contribution in [0.5, 0.6) is 0 Å². The molecule has 1 N–H and O–H groups in total. The first-order valence-corrected chi connectivity index (χ1v) is 8.96. The molecule has 1 atom stereocenters. The lowest BCUT2D eigenvalue weighted by Gasteiger charge is -2.12. The van der Waals surface area contributed by atoms with Gasteiger partial charge in [-0.2, -0.15) is 0 Å². The number of aryl methyl sites for hydroxylation is 2. The van der Waals surface area contributed by atoms with E-state index in [2.05, 4.69) is 5.32 Å². The molecule has 0 radical (unpaired) electrons. The molecule has 0 bridgehead atoms. The number of nitrogens with one attached hydrogen (secondary N) is 1. The van der Waals surface area contributed by atoms with E-state index < -0.39 is 12.1 Å². The van der Waals surface area contributed by atoms with E-state index in [9.17, 15) is 9.59 Å². The van der Waals surface area contributed by atoms with Gasteiger partial charge in [0.25, 0.3) is 5.91 Å². The van der Waals surface area contributed by atoms with Crippen LogP contribution in [0.4, 0.5) is 0 Å². The molecule has 0 saturated carbocycles. The largest absolute Gasteiger partial charge is 0.448 e. The van der Waals surface area contributed by atoms with Crippen LogP contribution >= 0.6 is 22.7 Å². The predicted octanol–water partition coefficient (Wildman–Crippen LogP) is 3.16. The summed E-state index contributed by atoms with van der Waals surface area (Å²) in [6.45, 7) is 2.06. The van der Waals surface area contributed by atoms with Crippen LogP contribution in [0.2, 0.25) is 0 Å². The van der Waals surface area contributed by atoms with Crippen molar-refractivity contribution >= 4 is 34.6 Å². The maximum absolute atomic E-state index is 12.1. The van der Waals surface area contributed by atoms with Crippen LogP contribution in [-0.4, -0.2) is 18.0 Å². The number of amides is 1. The number of fused-ring (bicyclic) bond motifs is 1. The van der Waals surface area contributed by atoms with Gasteiger partial charge in [0.1, 0.15) is 4.88 Å². The van der Waals surface area contributed by atoms with Gasteiger partial charge >= 0.3 is 5.97 Å². The Morgan fingerprint density at radius 2 is 2.27 bits per heavy atom. The van der Waals surface area contributed by atoms with Gasteiger partial charge in [-0.3, -0.25) is 4.79 Å². The Kier molecular flexibility index (Phi) is 4.59. The maximum Gasteiger partial charge on any atom is 0.349 e. The minimum atomic E-state index is -0.788. The Labute approximate surface area is 137 Å². The van der Waals surface area contributed by atoms with E-state index >= 15 is 0 Å². The lowest BCUT2D eigenvalue weighted by molar-refractivity contribution is -0.129. The fraction of sp³-hybridized carbons (Fsp3) is 0.375. The van der Waals surface area contributed by atoms with Crippen molar-refractivity contribution in [3.05, 3.63) is 43.8 Å². The van der Waals surface area contributed by atoms with E-state index in [1.54, 1.807) is 18.3 Å². The highest BCUT2D eigenvalue weighted by Gasteiger charge is 2.23. The van der Waals surface area contributed by atoms with Gasteiger partial charge in [0.2, 0.25) is 0 Å². The number of hydrogen-bond acceptors (Lipinski definition) is 5. The summed E-state index contributed by atoms with van der Waals surface area (Å²) < 4.78 is 5.27. The van der Waals surface area contributed by atoms with Crippen molar-refractivity contribution in [2.45, 2.75) is 38.8 Å². The van der Waals surface area contributed by atoms with Crippen LogP contribution in [0, 0.1) is 0 Å². The normalized spacial score (nSPS) is 14.4. The van der Waals surface area contributed by atoms with Crippen LogP contribution in [0.3, 0.4) is 0 Å². The van der Waals surface area contributed by atoms with E-state index in [0.717, 1.165) is 24.1 Å². The van der Waals surface area contributed by atoms with Crippen molar-refractivity contribution in [2.75, 3.05) is 0 Å². The molecule has 0 saturated heterocycles. The number of rotatable bonds is 5. The average Bonchev–Trinajstić information content (AvgIpc) is 3.20. The Hall–Kier alpha value is -1.66. The number of carbonyl (C=O) groups is 2. The minimum absolute atomic E-state index is 0.272. The first kappa shape index (κ1) is 15.2. The summed E-state index contributed by atoms with van der Waals surface area (Å²) in [4.78, 5) is 27.0. The first-order valence-electron chi connectivity index (χ1n) is 7.26. The van der Waals surface area contributed by atoms with E-state index in [-0.39, 0.29) is 5.91 Å². The third-order valence-corrected chi connectivity index (χ3v) is 5.71. The van der Waals surface area contributed by atoms with Gasteiger partial charge < -0.3 is 10.1 Å². The smallest absolute Gasteiger partial charge is 0.349 e. The predicted molar refractivity (Wildman–Crippen MR) is 87.4 cm³/mol. The van der Waals surface area contributed by atoms with Gasteiger partial charge in [0, 0.05) is 9.75 Å². The van der Waals surface area contributed by atoms with Crippen LogP contribution in [0.15, 0.2) is 23.6 Å². The maximum atomic E-state index is 12.1. The molecule has 0 unspecified atom stereocenters. The van der Waals surface area contributed by atoms with Gasteiger partial charge in [-0.15, -0.1) is 22.7 Å². The number of carbonyl (C=O) groups excluding carboxylic acids is 2. The molecule has 0 aromatic carbocycles. The molecular formula is C16H17NO3S2. The lowest BCUT2D eigenvalue weighted by atomic mass is 10.2. The molecule has 4 nitrogen and oxygen atoms in total. The zero-order valence-electron chi connectivity index (χ0n) is 12.3. The highest BCUT2D eigenvalue weighted by atomic mass is 32.1. The van der Waals surface area contributed by atoms with E-state index in [1.165, 1.54) is 21.8 Å². The second-order valence-electron chi connectivity index (χ2n) is 5.26. The fourth-order valence-electron chi connectivity index (χ4n) is 2.43. The topological polar surface area (TPSA) is 55.4 Å². The number of hydrogen-bond donors (Lipinski definition) is 1. The highest BCUT2D eigenvalue weighted by molar-refractivity contribution is 7.14. The molecule has 1 aliphatic rings. The van der Waals surface area contributed by atoms with Crippen LogP contribution < -0.4 is 5.32 Å². The molecule has 0 fully saturated rings. The second kappa shape index (κ2) is 6.62. The lowest BCUT2D eigenvalue weighted by Crippen LogP contribution is -2.35. The number of esters is 1. The average molecular weight is 335 g/mol. The Morgan fingerprint density at radius 3 is 3.00 bits per heavy atom. The van der Waals surface area contributed by atoms with E-state index in [1.807, 2.05) is 23.6 Å². The minimum Gasteiger partial charge on any atom is -0.448 e. The number of ether oxygens (including phenoxy) is 1.